The van der Waals surface area contributed by atoms with Crippen LogP contribution in [0.3, 0.4) is 0 Å². The molecule has 0 aliphatic rings. The Labute approximate surface area is 265 Å². The van der Waals surface area contributed by atoms with E-state index in [9.17, 15) is 0 Å². The normalized spacial score (nSPS) is 11.1. The molecule has 2 heteroatoms. The van der Waals surface area contributed by atoms with Gasteiger partial charge in [0.15, 0.2) is 0 Å². The van der Waals surface area contributed by atoms with Gasteiger partial charge in [-0.2, -0.15) is 0 Å². The quantitative estimate of drug-likeness (QED) is 0.166. The summed E-state index contributed by atoms with van der Waals surface area (Å²) in [6.07, 6.45) is 4.38. The summed E-state index contributed by atoms with van der Waals surface area (Å²) < 4.78 is 0. The van der Waals surface area contributed by atoms with E-state index in [0.717, 1.165) is 39.7 Å². The van der Waals surface area contributed by atoms with Crippen molar-refractivity contribution in [1.29, 1.82) is 0 Å². The van der Waals surface area contributed by atoms with Crippen molar-refractivity contribution >= 4 is 57.0 Å². The topological polar surface area (TPSA) is 6.48 Å². The fraction of sp³-hybridized carbons (Fsp3) is 0.0233. The number of aryl methyl sites for hydroxylation is 1. The Balaban J connectivity index is 1.14. The van der Waals surface area contributed by atoms with E-state index in [1.165, 1.54) is 21.9 Å². The first kappa shape index (κ1) is 27.9. The van der Waals surface area contributed by atoms with Crippen molar-refractivity contribution in [3.05, 3.63) is 193 Å². The van der Waals surface area contributed by atoms with E-state index in [2.05, 4.69) is 205 Å². The second-order valence-corrected chi connectivity index (χ2v) is 11.2. The monoisotopic (exact) mass is 578 g/mol. The third-order valence-electron chi connectivity index (χ3n) is 8.03. The van der Waals surface area contributed by atoms with Gasteiger partial charge in [-0.05, 0) is 113 Å². The number of hydrogen-bond donors (Lipinski definition) is 0. The molecule has 0 saturated heterocycles. The molecule has 0 aromatic heterocycles. The Morgan fingerprint density at radius 2 is 0.756 bits per heavy atom. The van der Waals surface area contributed by atoms with Crippen LogP contribution < -0.4 is 9.80 Å². The SMILES string of the molecule is Cc1cccc(N(c2ccccc2)c2ccc3cc(C=Cc4ccc(N(c5ccccc5)c5ccccc5)cc4)ccc3c2)c1. The summed E-state index contributed by atoms with van der Waals surface area (Å²) in [4.78, 5) is 4.60. The maximum Gasteiger partial charge on any atom is 0.0468 e. The van der Waals surface area contributed by atoms with Crippen LogP contribution in [0.5, 0.6) is 0 Å². The predicted molar refractivity (Wildman–Crippen MR) is 193 cm³/mol. The minimum Gasteiger partial charge on any atom is -0.311 e. The van der Waals surface area contributed by atoms with Crippen LogP contribution in [0.2, 0.25) is 0 Å². The molecule has 7 aromatic carbocycles. The molecule has 0 N–H and O–H groups in total. The van der Waals surface area contributed by atoms with Crippen LogP contribution in [0, 0.1) is 6.92 Å². The number of para-hydroxylation sites is 3. The smallest absolute Gasteiger partial charge is 0.0468 e. The molecule has 7 aromatic rings. The zero-order chi connectivity index (χ0) is 30.4. The van der Waals surface area contributed by atoms with E-state index < -0.39 is 0 Å². The zero-order valence-electron chi connectivity index (χ0n) is 25.3. The highest BCUT2D eigenvalue weighted by Crippen LogP contribution is 2.37. The van der Waals surface area contributed by atoms with Gasteiger partial charge in [-0.1, -0.05) is 109 Å². The third-order valence-corrected chi connectivity index (χ3v) is 8.03. The molecule has 0 radical (unpaired) electrons. The number of hydrogen-bond acceptors (Lipinski definition) is 2. The van der Waals surface area contributed by atoms with Crippen molar-refractivity contribution in [3.8, 4) is 0 Å². The van der Waals surface area contributed by atoms with Crippen molar-refractivity contribution < 1.29 is 0 Å². The molecule has 2 nitrogen and oxygen atoms in total. The lowest BCUT2D eigenvalue weighted by atomic mass is 10.0. The van der Waals surface area contributed by atoms with Crippen molar-refractivity contribution in [2.24, 2.45) is 0 Å². The number of nitrogens with zero attached hydrogens (tertiary/aromatic N) is 2. The van der Waals surface area contributed by atoms with Gasteiger partial charge in [0.2, 0.25) is 0 Å². The van der Waals surface area contributed by atoms with Crippen LogP contribution in [-0.4, -0.2) is 0 Å². The Morgan fingerprint density at radius 3 is 1.36 bits per heavy atom. The number of benzene rings is 7. The fourth-order valence-corrected chi connectivity index (χ4v) is 5.81. The Bertz CT molecular complexity index is 2010. The van der Waals surface area contributed by atoms with E-state index in [4.69, 9.17) is 0 Å². The number of rotatable bonds is 8. The highest BCUT2D eigenvalue weighted by molar-refractivity contribution is 5.91. The van der Waals surface area contributed by atoms with Gasteiger partial charge in [0.1, 0.15) is 0 Å². The molecule has 0 fully saturated rings. The summed E-state index contributed by atoms with van der Waals surface area (Å²) in [7, 11) is 0. The van der Waals surface area contributed by atoms with E-state index in [0.29, 0.717) is 0 Å². The van der Waals surface area contributed by atoms with Crippen molar-refractivity contribution in [3.63, 3.8) is 0 Å². The second-order valence-electron chi connectivity index (χ2n) is 11.2. The minimum absolute atomic E-state index is 1.13. The van der Waals surface area contributed by atoms with Crippen LogP contribution in [0.25, 0.3) is 22.9 Å². The van der Waals surface area contributed by atoms with E-state index >= 15 is 0 Å². The maximum absolute atomic E-state index is 2.32. The van der Waals surface area contributed by atoms with Crippen LogP contribution >= 0.6 is 0 Å². The first-order valence-corrected chi connectivity index (χ1v) is 15.4. The summed E-state index contributed by atoms with van der Waals surface area (Å²) in [5.41, 5.74) is 10.4. The Kier molecular flexibility index (Phi) is 7.94. The fourth-order valence-electron chi connectivity index (χ4n) is 5.81. The third kappa shape index (κ3) is 6.27. The molecular formula is C43H34N2. The number of fused-ring (bicyclic) bond motifs is 1. The van der Waals surface area contributed by atoms with Gasteiger partial charge in [-0.3, -0.25) is 0 Å². The highest BCUT2D eigenvalue weighted by atomic mass is 15.1. The molecular weight excluding hydrogens is 544 g/mol. The summed E-state index contributed by atoms with van der Waals surface area (Å²) in [6, 6.07) is 62.4. The first-order valence-electron chi connectivity index (χ1n) is 15.4. The van der Waals surface area contributed by atoms with Gasteiger partial charge < -0.3 is 9.80 Å². The largest absolute Gasteiger partial charge is 0.311 e. The van der Waals surface area contributed by atoms with Gasteiger partial charge in [0, 0.05) is 34.1 Å². The Morgan fingerprint density at radius 1 is 0.333 bits per heavy atom. The maximum atomic E-state index is 2.32. The molecule has 0 heterocycles. The predicted octanol–water partition coefficient (Wildman–Crippen LogP) is 12.3. The molecule has 0 aliphatic carbocycles. The summed E-state index contributed by atoms with van der Waals surface area (Å²) in [5.74, 6) is 0. The molecule has 0 aliphatic heterocycles. The molecule has 7 rings (SSSR count). The molecule has 0 amide bonds. The zero-order valence-corrected chi connectivity index (χ0v) is 25.3. The average Bonchev–Trinajstić information content (AvgIpc) is 3.10. The average molecular weight is 579 g/mol. The number of anilines is 6. The van der Waals surface area contributed by atoms with Crippen molar-refractivity contribution in [2.75, 3.05) is 9.80 Å². The van der Waals surface area contributed by atoms with Crippen LogP contribution in [0.4, 0.5) is 34.1 Å². The van der Waals surface area contributed by atoms with E-state index in [1.807, 2.05) is 0 Å². The van der Waals surface area contributed by atoms with Crippen molar-refractivity contribution in [1.82, 2.24) is 0 Å². The summed E-state index contributed by atoms with van der Waals surface area (Å²) in [6.45, 7) is 2.14. The Hall–Kier alpha value is -5.86. The summed E-state index contributed by atoms with van der Waals surface area (Å²) in [5, 5.41) is 2.43. The van der Waals surface area contributed by atoms with Gasteiger partial charge in [-0.15, -0.1) is 0 Å². The highest BCUT2D eigenvalue weighted by Gasteiger charge is 2.13. The molecule has 216 valence electrons. The van der Waals surface area contributed by atoms with Gasteiger partial charge >= 0.3 is 0 Å². The van der Waals surface area contributed by atoms with Crippen LogP contribution in [-0.2, 0) is 0 Å². The standard InChI is InChI=1S/C43H34N2/c1-33-12-11-19-42(30-33)45(40-17-9-4-10-18-40)43-29-26-36-31-35(22-25-37(36)32-43)21-20-34-23-27-41(28-24-34)44(38-13-5-2-6-14-38)39-15-7-3-8-16-39/h2-32H,1H3. The second kappa shape index (κ2) is 12.8. The summed E-state index contributed by atoms with van der Waals surface area (Å²) >= 11 is 0. The lowest BCUT2D eigenvalue weighted by Crippen LogP contribution is -2.09. The van der Waals surface area contributed by atoms with E-state index in [-0.39, 0.29) is 0 Å². The van der Waals surface area contributed by atoms with Gasteiger partial charge in [0.05, 0.1) is 0 Å². The van der Waals surface area contributed by atoms with Gasteiger partial charge in [0.25, 0.3) is 0 Å². The molecule has 0 unspecified atom stereocenters. The molecule has 45 heavy (non-hydrogen) atoms. The van der Waals surface area contributed by atoms with Crippen LogP contribution in [0.15, 0.2) is 176 Å². The molecule has 0 bridgehead atoms. The van der Waals surface area contributed by atoms with Crippen LogP contribution in [0.1, 0.15) is 16.7 Å². The van der Waals surface area contributed by atoms with E-state index in [1.54, 1.807) is 0 Å². The minimum atomic E-state index is 1.13. The molecule has 0 spiro atoms. The van der Waals surface area contributed by atoms with Gasteiger partial charge in [-0.25, -0.2) is 0 Å². The molecule has 0 atom stereocenters. The lowest BCUT2D eigenvalue weighted by Gasteiger charge is -2.26. The first-order chi connectivity index (χ1) is 22.2. The molecule has 0 saturated carbocycles. The van der Waals surface area contributed by atoms with Crippen molar-refractivity contribution in [2.45, 2.75) is 6.92 Å². The lowest BCUT2D eigenvalue weighted by molar-refractivity contribution is 1.28.